The summed E-state index contributed by atoms with van der Waals surface area (Å²) in [5, 5.41) is 2.67. The molecule has 0 aliphatic heterocycles. The number of H-pyrrole nitrogens is 1. The smallest absolute Gasteiger partial charge is 0.287 e. The topological polar surface area (TPSA) is 70.7 Å². The second-order valence-corrected chi connectivity index (χ2v) is 2.84. The molecule has 2 N–H and O–H groups in total. The molecule has 0 unspecified atom stereocenters. The van der Waals surface area contributed by atoms with E-state index in [4.69, 9.17) is 0 Å². The number of rotatable bonds is 2. The Kier molecular flexibility index (Phi) is 2.14. The van der Waals surface area contributed by atoms with E-state index >= 15 is 0 Å². The first-order valence-electron chi connectivity index (χ1n) is 4.39. The van der Waals surface area contributed by atoms with E-state index in [-0.39, 0.29) is 5.91 Å². The maximum absolute atomic E-state index is 11.4. The van der Waals surface area contributed by atoms with E-state index in [1.165, 1.54) is 0 Å². The lowest BCUT2D eigenvalue weighted by Gasteiger charge is -1.95. The number of carbonyl (C=O) groups is 1. The summed E-state index contributed by atoms with van der Waals surface area (Å²) in [5.74, 6) is 0.138. The van der Waals surface area contributed by atoms with Crippen LogP contribution < -0.4 is 5.32 Å². The van der Waals surface area contributed by atoms with Gasteiger partial charge in [0.25, 0.3) is 5.91 Å². The molecular weight excluding hydrogens is 180 g/mol. The molecule has 2 rings (SSSR count). The summed E-state index contributed by atoms with van der Waals surface area (Å²) in [6.45, 7) is 2.45. The summed E-state index contributed by atoms with van der Waals surface area (Å²) in [6, 6.07) is 1.76. The van der Waals surface area contributed by atoms with Crippen molar-refractivity contribution in [2.75, 3.05) is 6.54 Å². The molecule has 0 saturated carbocycles. The molecule has 0 fully saturated rings. The zero-order chi connectivity index (χ0) is 9.97. The molecule has 0 bridgehead atoms. The van der Waals surface area contributed by atoms with Crippen molar-refractivity contribution in [1.82, 2.24) is 20.3 Å². The Hall–Kier alpha value is -1.91. The largest absolute Gasteiger partial charge is 0.350 e. The minimum atomic E-state index is -0.191. The Morgan fingerprint density at radius 1 is 1.64 bits per heavy atom. The van der Waals surface area contributed by atoms with Crippen molar-refractivity contribution in [2.24, 2.45) is 0 Å². The van der Waals surface area contributed by atoms with Gasteiger partial charge in [0.2, 0.25) is 0 Å². The summed E-state index contributed by atoms with van der Waals surface area (Å²) in [4.78, 5) is 22.3. The first-order valence-corrected chi connectivity index (χ1v) is 4.39. The predicted octanol–water partition coefficient (Wildman–Crippen LogP) is 0.708. The lowest BCUT2D eigenvalue weighted by Crippen LogP contribution is -2.23. The Labute approximate surface area is 80.6 Å². The minimum Gasteiger partial charge on any atom is -0.350 e. The van der Waals surface area contributed by atoms with Gasteiger partial charge in [-0.25, -0.2) is 4.98 Å². The molecule has 0 aliphatic rings. The van der Waals surface area contributed by atoms with Gasteiger partial charge in [0.1, 0.15) is 0 Å². The fourth-order valence-electron chi connectivity index (χ4n) is 1.21. The molecule has 0 spiro atoms. The zero-order valence-electron chi connectivity index (χ0n) is 7.74. The maximum Gasteiger partial charge on any atom is 0.287 e. The summed E-state index contributed by atoms with van der Waals surface area (Å²) in [5.41, 5.74) is 1.52. The van der Waals surface area contributed by atoms with Crippen molar-refractivity contribution in [2.45, 2.75) is 6.92 Å². The van der Waals surface area contributed by atoms with E-state index in [9.17, 15) is 4.79 Å². The number of nitrogens with one attached hydrogen (secondary N) is 2. The molecular formula is C9H10N4O. The van der Waals surface area contributed by atoms with Gasteiger partial charge in [0.15, 0.2) is 5.82 Å². The highest BCUT2D eigenvalue weighted by atomic mass is 16.2. The molecule has 0 radical (unpaired) electrons. The van der Waals surface area contributed by atoms with E-state index in [2.05, 4.69) is 20.3 Å². The van der Waals surface area contributed by atoms with E-state index in [0.29, 0.717) is 12.4 Å². The quantitative estimate of drug-likeness (QED) is 0.732. The van der Waals surface area contributed by atoms with Crippen molar-refractivity contribution in [3.05, 3.63) is 24.3 Å². The van der Waals surface area contributed by atoms with Crippen LogP contribution in [0.3, 0.4) is 0 Å². The standard InChI is InChI=1S/C9H10N4O/c1-2-11-9(14)8-12-6-3-4-10-5-7(6)13-8/h3-5H,2H2,1H3,(H,11,14)(H,12,13). The van der Waals surface area contributed by atoms with Crippen LogP contribution in [0.2, 0.25) is 0 Å². The number of hydrogen-bond acceptors (Lipinski definition) is 3. The van der Waals surface area contributed by atoms with Crippen molar-refractivity contribution >= 4 is 16.9 Å². The number of aromatic amines is 1. The highest BCUT2D eigenvalue weighted by molar-refractivity contribution is 5.93. The van der Waals surface area contributed by atoms with Crippen LogP contribution in [-0.4, -0.2) is 27.4 Å². The normalized spacial score (nSPS) is 10.4. The van der Waals surface area contributed by atoms with E-state index < -0.39 is 0 Å². The van der Waals surface area contributed by atoms with Crippen LogP contribution in [0.1, 0.15) is 17.5 Å². The average molecular weight is 190 g/mol. The van der Waals surface area contributed by atoms with Crippen molar-refractivity contribution in [1.29, 1.82) is 0 Å². The predicted molar refractivity (Wildman–Crippen MR) is 51.9 cm³/mol. The van der Waals surface area contributed by atoms with Gasteiger partial charge < -0.3 is 10.3 Å². The molecule has 0 aliphatic carbocycles. The Balaban J connectivity index is 2.40. The number of amides is 1. The van der Waals surface area contributed by atoms with Gasteiger partial charge in [-0.05, 0) is 13.0 Å². The fourth-order valence-corrected chi connectivity index (χ4v) is 1.21. The highest BCUT2D eigenvalue weighted by Gasteiger charge is 2.09. The van der Waals surface area contributed by atoms with Gasteiger partial charge >= 0.3 is 0 Å². The first-order chi connectivity index (χ1) is 6.81. The average Bonchev–Trinajstić information content (AvgIpc) is 2.61. The molecule has 2 heterocycles. The van der Waals surface area contributed by atoms with Gasteiger partial charge in [0, 0.05) is 12.7 Å². The van der Waals surface area contributed by atoms with Gasteiger partial charge in [-0.3, -0.25) is 9.78 Å². The molecule has 2 aromatic rings. The molecule has 5 nitrogen and oxygen atoms in total. The fraction of sp³-hybridized carbons (Fsp3) is 0.222. The molecule has 1 amide bonds. The Morgan fingerprint density at radius 3 is 3.21 bits per heavy atom. The van der Waals surface area contributed by atoms with Crippen LogP contribution in [0.4, 0.5) is 0 Å². The van der Waals surface area contributed by atoms with Gasteiger partial charge in [0.05, 0.1) is 17.2 Å². The summed E-state index contributed by atoms with van der Waals surface area (Å²) in [6.07, 6.45) is 3.29. The second kappa shape index (κ2) is 3.45. The number of fused-ring (bicyclic) bond motifs is 1. The van der Waals surface area contributed by atoms with Gasteiger partial charge in [-0.15, -0.1) is 0 Å². The van der Waals surface area contributed by atoms with Crippen molar-refractivity contribution in [3.63, 3.8) is 0 Å². The van der Waals surface area contributed by atoms with Crippen LogP contribution in [0.5, 0.6) is 0 Å². The van der Waals surface area contributed by atoms with Crippen LogP contribution >= 0.6 is 0 Å². The monoisotopic (exact) mass is 190 g/mol. The van der Waals surface area contributed by atoms with Crippen LogP contribution in [0.15, 0.2) is 18.5 Å². The Morgan fingerprint density at radius 2 is 2.50 bits per heavy atom. The second-order valence-electron chi connectivity index (χ2n) is 2.84. The lowest BCUT2D eigenvalue weighted by molar-refractivity contribution is 0.0947. The van der Waals surface area contributed by atoms with E-state index in [1.54, 1.807) is 18.5 Å². The third-order valence-electron chi connectivity index (χ3n) is 1.84. The summed E-state index contributed by atoms with van der Waals surface area (Å²) < 4.78 is 0. The van der Waals surface area contributed by atoms with Crippen molar-refractivity contribution in [3.8, 4) is 0 Å². The molecule has 2 aromatic heterocycles. The summed E-state index contributed by atoms with van der Waals surface area (Å²) >= 11 is 0. The highest BCUT2D eigenvalue weighted by Crippen LogP contribution is 2.08. The number of pyridine rings is 1. The van der Waals surface area contributed by atoms with Crippen molar-refractivity contribution < 1.29 is 4.79 Å². The van der Waals surface area contributed by atoms with Crippen LogP contribution in [-0.2, 0) is 0 Å². The lowest BCUT2D eigenvalue weighted by atomic mass is 10.4. The number of carbonyl (C=O) groups excluding carboxylic acids is 1. The molecule has 14 heavy (non-hydrogen) atoms. The van der Waals surface area contributed by atoms with Crippen LogP contribution in [0, 0.1) is 0 Å². The Bertz CT molecular complexity index is 430. The number of nitrogens with zero attached hydrogens (tertiary/aromatic N) is 2. The molecule has 0 saturated heterocycles. The van der Waals surface area contributed by atoms with E-state index in [0.717, 1.165) is 11.0 Å². The minimum absolute atomic E-state index is 0.191. The van der Waals surface area contributed by atoms with E-state index in [1.807, 2.05) is 6.92 Å². The number of hydrogen-bond donors (Lipinski definition) is 2. The SMILES string of the molecule is CCNC(=O)c1nc2ccncc2[nH]1. The first kappa shape index (κ1) is 8.68. The van der Waals surface area contributed by atoms with Gasteiger partial charge in [-0.1, -0.05) is 0 Å². The van der Waals surface area contributed by atoms with Crippen LogP contribution in [0.25, 0.3) is 11.0 Å². The molecule has 5 heteroatoms. The molecule has 72 valence electrons. The third-order valence-corrected chi connectivity index (χ3v) is 1.84. The molecule has 0 atom stereocenters. The van der Waals surface area contributed by atoms with Gasteiger partial charge in [-0.2, -0.15) is 0 Å². The number of aromatic nitrogens is 3. The number of imidazole rings is 1. The summed E-state index contributed by atoms with van der Waals surface area (Å²) in [7, 11) is 0. The molecule has 0 aromatic carbocycles. The maximum atomic E-state index is 11.4. The third kappa shape index (κ3) is 1.44. The zero-order valence-corrected chi connectivity index (χ0v) is 7.74.